The van der Waals surface area contributed by atoms with Gasteiger partial charge in [-0.25, -0.2) is 0 Å². The van der Waals surface area contributed by atoms with Crippen LogP contribution in [0.5, 0.6) is 11.5 Å². The minimum atomic E-state index is -1.23. The van der Waals surface area contributed by atoms with Gasteiger partial charge in [-0.1, -0.05) is 53.5 Å². The number of benzene rings is 3. The monoisotopic (exact) mass is 614 g/mol. The van der Waals surface area contributed by atoms with E-state index in [0.717, 1.165) is 28.8 Å². The van der Waals surface area contributed by atoms with E-state index in [2.05, 4.69) is 11.2 Å². The van der Waals surface area contributed by atoms with Gasteiger partial charge in [-0.05, 0) is 61.4 Å². The molecule has 2 heterocycles. The Morgan fingerprint density at radius 2 is 1.84 bits per heavy atom. The first kappa shape index (κ1) is 29.0. The fourth-order valence-corrected chi connectivity index (χ4v) is 5.71. The number of aliphatic hydroxyl groups is 1. The summed E-state index contributed by atoms with van der Waals surface area (Å²) < 4.78 is 2.04. The van der Waals surface area contributed by atoms with E-state index < -0.39 is 17.3 Å². The first-order chi connectivity index (χ1) is 20.5. The molecule has 0 saturated heterocycles. The van der Waals surface area contributed by atoms with Gasteiger partial charge >= 0.3 is 0 Å². The highest BCUT2D eigenvalue weighted by atomic mass is 35.5. The molecule has 1 aliphatic carbocycles. The number of aromatic nitrogens is 1. The zero-order valence-electron chi connectivity index (χ0n) is 23.6. The van der Waals surface area contributed by atoms with Gasteiger partial charge in [0.1, 0.15) is 5.22 Å². The highest BCUT2D eigenvalue weighted by Gasteiger charge is 2.34. The van der Waals surface area contributed by atoms with Crippen LogP contribution in [-0.2, 0) is 5.60 Å². The first-order valence-electron chi connectivity index (χ1n) is 14.0. The summed E-state index contributed by atoms with van der Waals surface area (Å²) in [7, 11) is 0. The maximum absolute atomic E-state index is 13.5. The standard InChI is InChI=1S/C34H29Cl2N3O4/c1-34(2,43)22-14-28(24-10-11-30(40)32(41)31(24)36)38-29(15-22)25(19-6-4-3-5-7-19)16-37-33(42)20-12-21-17-39(23-8-9-23)18-26(21)27(35)13-20/h3-7,10-15,17,23,25,43H,8-9,16H2,1-2H3,(H2-,37,38,40,41,42)/p+1/t25-/m0/s1. The maximum atomic E-state index is 13.5. The largest absolute Gasteiger partial charge is 0.504 e. The average molecular weight is 616 g/mol. The number of nitrogens with zero attached hydrogens (tertiary/aromatic N) is 2. The second-order valence-corrected chi connectivity index (χ2v) is 12.3. The molecular weight excluding hydrogens is 585 g/mol. The number of aromatic hydroxyl groups is 2. The number of fused-ring (bicyclic) bond motifs is 1. The molecule has 4 N–H and O–H groups in total. The van der Waals surface area contributed by atoms with E-state index in [0.29, 0.717) is 39.1 Å². The van der Waals surface area contributed by atoms with E-state index in [4.69, 9.17) is 28.2 Å². The molecule has 1 atom stereocenters. The zero-order chi connectivity index (χ0) is 30.5. The number of amides is 1. The molecule has 0 bridgehead atoms. The van der Waals surface area contributed by atoms with Crippen molar-refractivity contribution < 1.29 is 24.7 Å². The van der Waals surface area contributed by atoms with E-state index >= 15 is 0 Å². The summed E-state index contributed by atoms with van der Waals surface area (Å²) in [5.41, 5.74) is 2.04. The Kier molecular flexibility index (Phi) is 7.53. The summed E-state index contributed by atoms with van der Waals surface area (Å²) >= 11 is 13.0. The summed E-state index contributed by atoms with van der Waals surface area (Å²) in [6, 6.07) is 20.0. The Morgan fingerprint density at radius 3 is 2.53 bits per heavy atom. The topological polar surface area (TPSA) is 106 Å². The van der Waals surface area contributed by atoms with Crippen molar-refractivity contribution >= 4 is 41.2 Å². The third kappa shape index (κ3) is 5.90. The Morgan fingerprint density at radius 1 is 1.09 bits per heavy atom. The molecule has 0 unspecified atom stereocenters. The van der Waals surface area contributed by atoms with Gasteiger partial charge in [0.25, 0.3) is 5.91 Å². The van der Waals surface area contributed by atoms with E-state index in [-0.39, 0.29) is 23.2 Å². The van der Waals surface area contributed by atoms with E-state index in [9.17, 15) is 20.1 Å². The van der Waals surface area contributed by atoms with Crippen molar-refractivity contribution in [3.63, 3.8) is 0 Å². The third-order valence-electron chi connectivity index (χ3n) is 7.79. The maximum Gasteiger partial charge on any atom is 0.251 e. The highest BCUT2D eigenvalue weighted by Crippen LogP contribution is 2.41. The Hall–Kier alpha value is -4.13. The van der Waals surface area contributed by atoms with Crippen LogP contribution in [0, 0.1) is 0 Å². The molecule has 1 amide bonds. The number of nitrogens with one attached hydrogen (secondary N) is 1. The molecule has 2 aliphatic rings. The lowest BCUT2D eigenvalue weighted by Gasteiger charge is -2.24. The van der Waals surface area contributed by atoms with Gasteiger partial charge in [-0.2, -0.15) is 4.58 Å². The van der Waals surface area contributed by atoms with Crippen LogP contribution in [0.1, 0.15) is 59.8 Å². The molecule has 7 nitrogen and oxygen atoms in total. The number of carbonyl (C=O) groups excluding carboxylic acids is 1. The predicted molar refractivity (Wildman–Crippen MR) is 166 cm³/mol. The molecule has 9 heteroatoms. The van der Waals surface area contributed by atoms with Gasteiger partial charge in [-0.3, -0.25) is 9.78 Å². The molecular formula is C34H30Cl2N3O4+. The Labute approximate surface area is 258 Å². The second-order valence-electron chi connectivity index (χ2n) is 11.5. The van der Waals surface area contributed by atoms with Gasteiger partial charge in [0, 0.05) is 36.4 Å². The molecule has 1 aliphatic heterocycles. The van der Waals surface area contributed by atoms with Gasteiger partial charge in [0.05, 0.1) is 32.3 Å². The van der Waals surface area contributed by atoms with Crippen LogP contribution in [0.2, 0.25) is 10.0 Å². The number of pyridine rings is 1. The quantitative estimate of drug-likeness (QED) is 0.172. The first-order valence-corrected chi connectivity index (χ1v) is 14.8. The Bertz CT molecular complexity index is 1930. The van der Waals surface area contributed by atoms with Crippen molar-refractivity contribution in [3.8, 4) is 22.8 Å². The summed E-state index contributed by atoms with van der Waals surface area (Å²) in [4.78, 5) is 18.4. The van der Waals surface area contributed by atoms with Crippen LogP contribution >= 0.6 is 23.2 Å². The minimum absolute atomic E-state index is 0.0593. The summed E-state index contributed by atoms with van der Waals surface area (Å²) in [6.07, 6.45) is 4.23. The van der Waals surface area contributed by atoms with Crippen molar-refractivity contribution in [3.05, 3.63) is 110 Å². The van der Waals surface area contributed by atoms with Gasteiger partial charge < -0.3 is 20.6 Å². The molecule has 1 fully saturated rings. The molecule has 218 valence electrons. The Balaban J connectivity index is 1.37. The van der Waals surface area contributed by atoms with Crippen molar-refractivity contribution in [1.82, 2.24) is 10.3 Å². The number of phenolic OH excluding ortho intramolecular Hbond substituents is 2. The van der Waals surface area contributed by atoms with Gasteiger partial charge in [0.15, 0.2) is 29.6 Å². The van der Waals surface area contributed by atoms with Crippen LogP contribution in [0.3, 0.4) is 0 Å². The summed E-state index contributed by atoms with van der Waals surface area (Å²) in [5.74, 6) is 1.83. The average Bonchev–Trinajstić information content (AvgIpc) is 3.74. The van der Waals surface area contributed by atoms with Crippen molar-refractivity contribution in [2.75, 3.05) is 6.54 Å². The molecule has 4 aromatic rings. The van der Waals surface area contributed by atoms with Crippen LogP contribution in [0.4, 0.5) is 0 Å². The van der Waals surface area contributed by atoms with Crippen molar-refractivity contribution in [2.24, 2.45) is 0 Å². The molecule has 1 saturated carbocycles. The van der Waals surface area contributed by atoms with E-state index in [1.54, 1.807) is 38.1 Å². The SMILES string of the molecule is CC(C)(O)c1cc(-c2ccc(O)c(O)c2Cl)nc([C@@H](CNC(=O)c2cc(Cl)c3c(c2)=C[N+](C2CC2)=C=3)c2ccccc2)c1. The smallest absolute Gasteiger partial charge is 0.251 e. The number of hydrogen-bond donors (Lipinski definition) is 4. The number of rotatable bonds is 8. The molecule has 43 heavy (non-hydrogen) atoms. The number of carbonyl (C=O) groups is 1. The number of halogens is 2. The summed E-state index contributed by atoms with van der Waals surface area (Å²) in [5, 5.41) is 36.3. The molecule has 0 spiro atoms. The minimum Gasteiger partial charge on any atom is -0.504 e. The van der Waals surface area contributed by atoms with Crippen LogP contribution in [0.15, 0.2) is 66.7 Å². The van der Waals surface area contributed by atoms with Crippen molar-refractivity contribution in [1.29, 1.82) is 0 Å². The summed E-state index contributed by atoms with van der Waals surface area (Å²) in [6.45, 7) is 3.53. The zero-order valence-corrected chi connectivity index (χ0v) is 25.1. The second kappa shape index (κ2) is 11.2. The van der Waals surface area contributed by atoms with Crippen LogP contribution in [-0.4, -0.2) is 49.2 Å². The van der Waals surface area contributed by atoms with Crippen LogP contribution in [0.25, 0.3) is 17.5 Å². The third-order valence-corrected chi connectivity index (χ3v) is 8.47. The molecule has 6 rings (SSSR count). The van der Waals surface area contributed by atoms with Gasteiger partial charge in [-0.15, -0.1) is 0 Å². The lowest BCUT2D eigenvalue weighted by Crippen LogP contribution is -2.32. The predicted octanol–water partition coefficient (Wildman–Crippen LogP) is 4.52. The highest BCUT2D eigenvalue weighted by molar-refractivity contribution is 6.35. The fourth-order valence-electron chi connectivity index (χ4n) is 5.19. The van der Waals surface area contributed by atoms with Crippen molar-refractivity contribution in [2.45, 2.75) is 44.2 Å². The molecule has 1 aromatic heterocycles. The molecule has 3 aromatic carbocycles. The molecule has 0 radical (unpaired) electrons. The number of hydrogen-bond acceptors (Lipinski definition) is 5. The fraction of sp³-hybridized carbons (Fsp3) is 0.235. The van der Waals surface area contributed by atoms with Gasteiger partial charge in [0.2, 0.25) is 0 Å². The normalized spacial score (nSPS) is 14.8. The van der Waals surface area contributed by atoms with E-state index in [1.807, 2.05) is 47.2 Å². The lowest BCUT2D eigenvalue weighted by atomic mass is 9.90. The lowest BCUT2D eigenvalue weighted by molar-refractivity contribution is -0.427. The van der Waals surface area contributed by atoms with E-state index in [1.165, 1.54) is 6.07 Å². The van der Waals surface area contributed by atoms with Crippen LogP contribution < -0.4 is 15.8 Å². The number of phenols is 2.